The van der Waals surface area contributed by atoms with E-state index in [4.69, 9.17) is 26.8 Å². The van der Waals surface area contributed by atoms with Crippen LogP contribution in [0.3, 0.4) is 0 Å². The van der Waals surface area contributed by atoms with Gasteiger partial charge in [0.1, 0.15) is 30.2 Å². The number of nitrogens with two attached hydrogens (primary N) is 2. The zero-order chi connectivity index (χ0) is 34.9. The number of unbranched alkanes of at least 4 members (excludes halogenated alkanes) is 1. The van der Waals surface area contributed by atoms with Gasteiger partial charge in [0.05, 0.1) is 12.5 Å². The highest BCUT2D eigenvalue weighted by molar-refractivity contribution is 5.96. The standard InChI is InChI=1S/C27H47N7O11/c1-13(2)11-19(26(43)33-18(8-9-20(35)36)25(42)31-15(4)27(44)45)34-22(39)14(3)30-24(41)17(7-5-6-10-28)32-23(40)16(29)12-21(37)38/h13-19H,5-12,28-29H2,1-4H3,(H,30,41)(H,31,42)(H,32,40)(H,33,43)(H,34,39)(H,35,36)(H,37,38)(H,44,45)/t14-,15-,16-,17-,18-,19-/m0/s1. The Morgan fingerprint density at radius 2 is 1.09 bits per heavy atom. The van der Waals surface area contributed by atoms with Crippen LogP contribution in [0.4, 0.5) is 0 Å². The first-order valence-electron chi connectivity index (χ1n) is 14.5. The Kier molecular flexibility index (Phi) is 18.6. The molecule has 45 heavy (non-hydrogen) atoms. The van der Waals surface area contributed by atoms with Gasteiger partial charge in [-0.3, -0.25) is 38.4 Å². The van der Waals surface area contributed by atoms with E-state index in [1.807, 2.05) is 0 Å². The second kappa shape index (κ2) is 20.6. The van der Waals surface area contributed by atoms with Crippen molar-refractivity contribution in [1.82, 2.24) is 26.6 Å². The lowest BCUT2D eigenvalue weighted by molar-refractivity contribution is -0.142. The van der Waals surface area contributed by atoms with Gasteiger partial charge in [0.2, 0.25) is 29.5 Å². The van der Waals surface area contributed by atoms with Crippen molar-refractivity contribution in [2.45, 2.75) is 109 Å². The summed E-state index contributed by atoms with van der Waals surface area (Å²) in [6.07, 6.45) is -0.419. The van der Waals surface area contributed by atoms with E-state index in [-0.39, 0.29) is 25.2 Å². The molecular formula is C27H47N7O11. The second-order valence-electron chi connectivity index (χ2n) is 11.0. The van der Waals surface area contributed by atoms with Gasteiger partial charge < -0.3 is 53.4 Å². The largest absolute Gasteiger partial charge is 0.481 e. The van der Waals surface area contributed by atoms with Crippen LogP contribution in [0, 0.1) is 5.92 Å². The van der Waals surface area contributed by atoms with E-state index in [0.29, 0.717) is 19.4 Å². The molecule has 256 valence electrons. The third-order valence-electron chi connectivity index (χ3n) is 6.41. The van der Waals surface area contributed by atoms with Crippen molar-refractivity contribution in [3.63, 3.8) is 0 Å². The van der Waals surface area contributed by atoms with Crippen LogP contribution in [0.15, 0.2) is 0 Å². The molecule has 0 heterocycles. The third-order valence-corrected chi connectivity index (χ3v) is 6.41. The number of carbonyl (C=O) groups is 8. The molecule has 0 unspecified atom stereocenters. The van der Waals surface area contributed by atoms with E-state index < -0.39 is 96.5 Å². The van der Waals surface area contributed by atoms with E-state index in [1.165, 1.54) is 13.8 Å². The maximum absolute atomic E-state index is 13.2. The predicted octanol–water partition coefficient (Wildman–Crippen LogP) is -2.62. The Bertz CT molecular complexity index is 1070. The molecule has 5 amide bonds. The summed E-state index contributed by atoms with van der Waals surface area (Å²) < 4.78 is 0. The van der Waals surface area contributed by atoms with Gasteiger partial charge in [-0.05, 0) is 58.4 Å². The highest BCUT2D eigenvalue weighted by atomic mass is 16.4. The van der Waals surface area contributed by atoms with Crippen molar-refractivity contribution in [2.24, 2.45) is 17.4 Å². The Labute approximate surface area is 260 Å². The fraction of sp³-hybridized carbons (Fsp3) is 0.704. The molecule has 0 aromatic carbocycles. The van der Waals surface area contributed by atoms with E-state index in [9.17, 15) is 38.4 Å². The van der Waals surface area contributed by atoms with Crippen molar-refractivity contribution in [2.75, 3.05) is 6.54 Å². The summed E-state index contributed by atoms with van der Waals surface area (Å²) in [6, 6.07) is -7.81. The first kappa shape index (κ1) is 40.7. The third kappa shape index (κ3) is 16.9. The number of rotatable bonds is 22. The van der Waals surface area contributed by atoms with Crippen LogP contribution in [-0.4, -0.2) is 106 Å². The molecule has 0 aliphatic heterocycles. The van der Waals surface area contributed by atoms with Gasteiger partial charge in [-0.2, -0.15) is 0 Å². The topological polar surface area (TPSA) is 309 Å². The fourth-order valence-electron chi connectivity index (χ4n) is 3.89. The smallest absolute Gasteiger partial charge is 0.325 e. The molecule has 18 nitrogen and oxygen atoms in total. The van der Waals surface area contributed by atoms with Crippen LogP contribution < -0.4 is 38.1 Å². The fourth-order valence-corrected chi connectivity index (χ4v) is 3.89. The quantitative estimate of drug-likeness (QED) is 0.0540. The Morgan fingerprint density at radius 3 is 1.58 bits per heavy atom. The molecule has 0 saturated heterocycles. The molecule has 12 N–H and O–H groups in total. The number of nitrogens with one attached hydrogen (secondary N) is 5. The van der Waals surface area contributed by atoms with E-state index >= 15 is 0 Å². The molecule has 0 bridgehead atoms. The van der Waals surface area contributed by atoms with Crippen LogP contribution in [0.2, 0.25) is 0 Å². The highest BCUT2D eigenvalue weighted by Gasteiger charge is 2.31. The predicted molar refractivity (Wildman–Crippen MR) is 158 cm³/mol. The Hall–Kier alpha value is -4.32. The van der Waals surface area contributed by atoms with Crippen LogP contribution in [-0.2, 0) is 38.4 Å². The minimum atomic E-state index is -1.43. The summed E-state index contributed by atoms with van der Waals surface area (Å²) in [5, 5.41) is 38.9. The molecule has 0 aliphatic rings. The summed E-state index contributed by atoms with van der Waals surface area (Å²) in [7, 11) is 0. The maximum atomic E-state index is 13.2. The number of carboxylic acids is 3. The van der Waals surface area contributed by atoms with Gasteiger partial charge in [0.25, 0.3) is 0 Å². The Morgan fingerprint density at radius 1 is 0.600 bits per heavy atom. The van der Waals surface area contributed by atoms with Crippen LogP contribution in [0.5, 0.6) is 0 Å². The van der Waals surface area contributed by atoms with E-state index in [1.54, 1.807) is 13.8 Å². The first-order chi connectivity index (χ1) is 20.9. The van der Waals surface area contributed by atoms with Gasteiger partial charge in [-0.1, -0.05) is 13.8 Å². The highest BCUT2D eigenvalue weighted by Crippen LogP contribution is 2.08. The lowest BCUT2D eigenvalue weighted by Crippen LogP contribution is -2.58. The van der Waals surface area contributed by atoms with Crippen molar-refractivity contribution in [3.05, 3.63) is 0 Å². The van der Waals surface area contributed by atoms with Crippen molar-refractivity contribution in [1.29, 1.82) is 0 Å². The molecule has 6 atom stereocenters. The Balaban J connectivity index is 5.70. The average Bonchev–Trinajstić information content (AvgIpc) is 2.92. The number of aliphatic carboxylic acids is 3. The minimum Gasteiger partial charge on any atom is -0.481 e. The molecule has 0 rings (SSSR count). The average molecular weight is 646 g/mol. The minimum absolute atomic E-state index is 0.0796. The van der Waals surface area contributed by atoms with E-state index in [2.05, 4.69) is 26.6 Å². The van der Waals surface area contributed by atoms with Gasteiger partial charge in [0, 0.05) is 6.42 Å². The van der Waals surface area contributed by atoms with Crippen LogP contribution >= 0.6 is 0 Å². The number of amides is 5. The van der Waals surface area contributed by atoms with Gasteiger partial charge in [-0.15, -0.1) is 0 Å². The first-order valence-corrected chi connectivity index (χ1v) is 14.5. The zero-order valence-electron chi connectivity index (χ0n) is 26.0. The van der Waals surface area contributed by atoms with E-state index in [0.717, 1.165) is 0 Å². The summed E-state index contributed by atoms with van der Waals surface area (Å²) in [5.74, 6) is -8.29. The van der Waals surface area contributed by atoms with Gasteiger partial charge >= 0.3 is 17.9 Å². The molecule has 0 radical (unpaired) electrons. The second-order valence-corrected chi connectivity index (χ2v) is 11.0. The van der Waals surface area contributed by atoms with Crippen LogP contribution in [0.1, 0.15) is 72.6 Å². The zero-order valence-corrected chi connectivity index (χ0v) is 26.0. The van der Waals surface area contributed by atoms with Crippen LogP contribution in [0.25, 0.3) is 0 Å². The summed E-state index contributed by atoms with van der Waals surface area (Å²) in [5.41, 5.74) is 11.1. The summed E-state index contributed by atoms with van der Waals surface area (Å²) in [6.45, 7) is 6.33. The molecule has 0 spiro atoms. The molecule has 0 aromatic rings. The molecule has 0 aliphatic carbocycles. The number of carboxylic acid groups (broad SMARTS) is 3. The number of hydrogen-bond donors (Lipinski definition) is 10. The molecule has 18 heteroatoms. The van der Waals surface area contributed by atoms with Gasteiger partial charge in [-0.25, -0.2) is 0 Å². The molecular weight excluding hydrogens is 598 g/mol. The maximum Gasteiger partial charge on any atom is 0.325 e. The lowest BCUT2D eigenvalue weighted by atomic mass is 10.0. The molecule has 0 fully saturated rings. The van der Waals surface area contributed by atoms with Crippen molar-refractivity contribution in [3.8, 4) is 0 Å². The van der Waals surface area contributed by atoms with Crippen molar-refractivity contribution >= 4 is 47.4 Å². The number of carbonyl (C=O) groups excluding carboxylic acids is 5. The molecule has 0 saturated carbocycles. The monoisotopic (exact) mass is 645 g/mol. The van der Waals surface area contributed by atoms with Gasteiger partial charge in [0.15, 0.2) is 0 Å². The number of hydrogen-bond acceptors (Lipinski definition) is 10. The SMILES string of the molecule is CC(C)C[C@H](NC(=O)[C@H](C)NC(=O)[C@H](CCCCN)NC(=O)[C@@H](N)CC(=O)O)C(=O)N[C@@H](CCC(=O)O)C(=O)N[C@@H](C)C(=O)O. The normalized spacial score (nSPS) is 14.9. The van der Waals surface area contributed by atoms with Crippen molar-refractivity contribution < 1.29 is 53.7 Å². The molecule has 0 aromatic heterocycles. The summed E-state index contributed by atoms with van der Waals surface area (Å²) in [4.78, 5) is 97.4. The summed E-state index contributed by atoms with van der Waals surface area (Å²) >= 11 is 0. The lowest BCUT2D eigenvalue weighted by Gasteiger charge is -2.26.